The van der Waals surface area contributed by atoms with Crippen molar-refractivity contribution in [2.24, 2.45) is 5.92 Å². The van der Waals surface area contributed by atoms with Crippen LogP contribution in [0.3, 0.4) is 0 Å². The number of nitrogens with zero attached hydrogens (tertiary/aromatic N) is 3. The SMILES string of the molecule is N#Cc1cccc(N2CCC(CC(=O)NC3CCOCC3)CC2)n1. The number of nitrogens with one attached hydrogen (secondary N) is 1. The Morgan fingerprint density at radius 2 is 2.04 bits per heavy atom. The topological polar surface area (TPSA) is 78.2 Å². The second-order valence-electron chi connectivity index (χ2n) is 6.58. The summed E-state index contributed by atoms with van der Waals surface area (Å²) in [6.45, 7) is 3.27. The van der Waals surface area contributed by atoms with Gasteiger partial charge >= 0.3 is 0 Å². The molecule has 0 bridgehead atoms. The van der Waals surface area contributed by atoms with Crippen molar-refractivity contribution in [3.8, 4) is 6.07 Å². The molecule has 0 aromatic carbocycles. The molecule has 6 nitrogen and oxygen atoms in total. The highest BCUT2D eigenvalue weighted by molar-refractivity contribution is 5.76. The largest absolute Gasteiger partial charge is 0.381 e. The normalized spacial score (nSPS) is 19.7. The van der Waals surface area contributed by atoms with Gasteiger partial charge in [-0.3, -0.25) is 4.79 Å². The summed E-state index contributed by atoms with van der Waals surface area (Å²) < 4.78 is 5.32. The van der Waals surface area contributed by atoms with Gasteiger partial charge in [0, 0.05) is 38.8 Å². The minimum atomic E-state index is 0.171. The third kappa shape index (κ3) is 4.45. The van der Waals surface area contributed by atoms with Crippen LogP contribution in [-0.4, -0.2) is 43.2 Å². The molecular weight excluding hydrogens is 304 g/mol. The average Bonchev–Trinajstić information content (AvgIpc) is 2.63. The van der Waals surface area contributed by atoms with Crippen LogP contribution in [0.5, 0.6) is 0 Å². The van der Waals surface area contributed by atoms with Gasteiger partial charge in [0.15, 0.2) is 0 Å². The predicted molar refractivity (Wildman–Crippen MR) is 90.5 cm³/mol. The van der Waals surface area contributed by atoms with Crippen molar-refractivity contribution in [2.75, 3.05) is 31.2 Å². The van der Waals surface area contributed by atoms with E-state index in [1.54, 1.807) is 6.07 Å². The summed E-state index contributed by atoms with van der Waals surface area (Å²) in [5.74, 6) is 1.46. The Kier molecular flexibility index (Phi) is 5.65. The molecule has 3 heterocycles. The number of amides is 1. The molecule has 6 heteroatoms. The van der Waals surface area contributed by atoms with Crippen molar-refractivity contribution < 1.29 is 9.53 Å². The Labute approximate surface area is 142 Å². The highest BCUT2D eigenvalue weighted by atomic mass is 16.5. The first kappa shape index (κ1) is 16.7. The van der Waals surface area contributed by atoms with E-state index < -0.39 is 0 Å². The van der Waals surface area contributed by atoms with Crippen LogP contribution in [0.15, 0.2) is 18.2 Å². The molecule has 1 aromatic heterocycles. The molecule has 2 aliphatic heterocycles. The maximum atomic E-state index is 12.2. The number of piperidine rings is 1. The molecule has 0 saturated carbocycles. The molecule has 3 rings (SSSR count). The third-order valence-corrected chi connectivity index (χ3v) is 4.85. The molecule has 128 valence electrons. The quantitative estimate of drug-likeness (QED) is 0.912. The first-order chi connectivity index (χ1) is 11.7. The van der Waals surface area contributed by atoms with Crippen molar-refractivity contribution in [3.05, 3.63) is 23.9 Å². The molecule has 2 aliphatic rings. The van der Waals surface area contributed by atoms with Crippen LogP contribution in [0.2, 0.25) is 0 Å². The molecule has 1 N–H and O–H groups in total. The van der Waals surface area contributed by atoms with Gasteiger partial charge in [-0.15, -0.1) is 0 Å². The van der Waals surface area contributed by atoms with Gasteiger partial charge in [0.1, 0.15) is 17.6 Å². The molecular formula is C18H24N4O2. The standard InChI is InChI=1S/C18H24N4O2/c19-13-16-2-1-3-17(20-16)22-8-4-14(5-9-22)12-18(23)21-15-6-10-24-11-7-15/h1-3,14-15H,4-12H2,(H,21,23). The molecule has 1 amide bonds. The van der Waals surface area contributed by atoms with E-state index in [2.05, 4.69) is 21.3 Å². The lowest BCUT2D eigenvalue weighted by Crippen LogP contribution is -2.41. The summed E-state index contributed by atoms with van der Waals surface area (Å²) in [4.78, 5) is 18.8. The lowest BCUT2D eigenvalue weighted by atomic mass is 9.93. The first-order valence-corrected chi connectivity index (χ1v) is 8.74. The molecule has 24 heavy (non-hydrogen) atoms. The molecule has 0 aliphatic carbocycles. The fraction of sp³-hybridized carbons (Fsp3) is 0.611. The van der Waals surface area contributed by atoms with Gasteiger partial charge in [0.05, 0.1) is 0 Å². The Morgan fingerprint density at radius 1 is 1.29 bits per heavy atom. The molecule has 2 saturated heterocycles. The number of nitriles is 1. The number of rotatable bonds is 4. The highest BCUT2D eigenvalue weighted by Crippen LogP contribution is 2.24. The van der Waals surface area contributed by atoms with Crippen LogP contribution < -0.4 is 10.2 Å². The number of hydrogen-bond acceptors (Lipinski definition) is 5. The van der Waals surface area contributed by atoms with E-state index in [4.69, 9.17) is 10.00 Å². The average molecular weight is 328 g/mol. The summed E-state index contributed by atoms with van der Waals surface area (Å²) in [7, 11) is 0. The monoisotopic (exact) mass is 328 g/mol. The van der Waals surface area contributed by atoms with Gasteiger partial charge in [-0.05, 0) is 43.7 Å². The van der Waals surface area contributed by atoms with E-state index in [0.717, 1.165) is 57.8 Å². The van der Waals surface area contributed by atoms with Crippen LogP contribution in [0, 0.1) is 17.2 Å². The van der Waals surface area contributed by atoms with Crippen molar-refractivity contribution in [1.29, 1.82) is 5.26 Å². The minimum absolute atomic E-state index is 0.171. The molecule has 1 aromatic rings. The Morgan fingerprint density at radius 3 is 2.75 bits per heavy atom. The fourth-order valence-electron chi connectivity index (χ4n) is 3.42. The molecule has 0 unspecified atom stereocenters. The second-order valence-corrected chi connectivity index (χ2v) is 6.58. The van der Waals surface area contributed by atoms with Crippen LogP contribution in [0.4, 0.5) is 5.82 Å². The lowest BCUT2D eigenvalue weighted by Gasteiger charge is -2.33. The van der Waals surface area contributed by atoms with E-state index >= 15 is 0 Å². The molecule has 0 atom stereocenters. The molecule has 0 radical (unpaired) electrons. The number of hydrogen-bond donors (Lipinski definition) is 1. The highest BCUT2D eigenvalue weighted by Gasteiger charge is 2.24. The smallest absolute Gasteiger partial charge is 0.220 e. The maximum Gasteiger partial charge on any atom is 0.220 e. The van der Waals surface area contributed by atoms with Crippen molar-refractivity contribution in [3.63, 3.8) is 0 Å². The van der Waals surface area contributed by atoms with E-state index in [0.29, 0.717) is 18.0 Å². The van der Waals surface area contributed by atoms with Crippen LogP contribution in [-0.2, 0) is 9.53 Å². The summed E-state index contributed by atoms with van der Waals surface area (Å²) in [5, 5.41) is 12.1. The first-order valence-electron chi connectivity index (χ1n) is 8.74. The fourth-order valence-corrected chi connectivity index (χ4v) is 3.42. The van der Waals surface area contributed by atoms with Crippen molar-refractivity contribution in [2.45, 2.75) is 38.1 Å². The Bertz CT molecular complexity index is 599. The van der Waals surface area contributed by atoms with E-state index in [-0.39, 0.29) is 11.9 Å². The van der Waals surface area contributed by atoms with Gasteiger partial charge in [0.2, 0.25) is 5.91 Å². The number of pyridine rings is 1. The van der Waals surface area contributed by atoms with E-state index in [1.165, 1.54) is 0 Å². The van der Waals surface area contributed by atoms with Gasteiger partial charge in [0.25, 0.3) is 0 Å². The van der Waals surface area contributed by atoms with Gasteiger partial charge in [-0.2, -0.15) is 5.26 Å². The summed E-state index contributed by atoms with van der Waals surface area (Å²) in [5.41, 5.74) is 0.450. The Hall–Kier alpha value is -2.13. The van der Waals surface area contributed by atoms with Crippen molar-refractivity contribution in [1.82, 2.24) is 10.3 Å². The summed E-state index contributed by atoms with van der Waals surface area (Å²) in [6, 6.07) is 7.89. The van der Waals surface area contributed by atoms with Crippen molar-refractivity contribution >= 4 is 11.7 Å². The maximum absolute atomic E-state index is 12.2. The van der Waals surface area contributed by atoms with E-state index in [1.807, 2.05) is 12.1 Å². The lowest BCUT2D eigenvalue weighted by molar-refractivity contribution is -0.123. The number of ether oxygens (including phenoxy) is 1. The van der Waals surface area contributed by atoms with Crippen LogP contribution in [0.25, 0.3) is 0 Å². The van der Waals surface area contributed by atoms with Crippen LogP contribution in [0.1, 0.15) is 37.8 Å². The zero-order chi connectivity index (χ0) is 16.8. The zero-order valence-electron chi connectivity index (χ0n) is 13.9. The number of carbonyl (C=O) groups excluding carboxylic acids is 1. The Balaban J connectivity index is 1.44. The van der Waals surface area contributed by atoms with Gasteiger partial charge in [-0.25, -0.2) is 4.98 Å². The minimum Gasteiger partial charge on any atom is -0.381 e. The molecule has 2 fully saturated rings. The second kappa shape index (κ2) is 8.11. The third-order valence-electron chi connectivity index (χ3n) is 4.85. The summed E-state index contributed by atoms with van der Waals surface area (Å²) >= 11 is 0. The zero-order valence-corrected chi connectivity index (χ0v) is 13.9. The van der Waals surface area contributed by atoms with Crippen LogP contribution >= 0.6 is 0 Å². The number of aromatic nitrogens is 1. The number of anilines is 1. The van der Waals surface area contributed by atoms with E-state index in [9.17, 15) is 4.79 Å². The van der Waals surface area contributed by atoms with Gasteiger partial charge < -0.3 is 15.0 Å². The number of carbonyl (C=O) groups is 1. The van der Waals surface area contributed by atoms with Gasteiger partial charge in [-0.1, -0.05) is 6.07 Å². The molecule has 0 spiro atoms. The predicted octanol–water partition coefficient (Wildman–Crippen LogP) is 1.85. The summed E-state index contributed by atoms with van der Waals surface area (Å²) in [6.07, 6.45) is 4.42.